The normalized spacial score (nSPS) is 13.1. The van der Waals surface area contributed by atoms with Crippen LogP contribution in [0.15, 0.2) is 62.5 Å². The van der Waals surface area contributed by atoms with E-state index in [1.165, 1.54) is 37.4 Å². The Bertz CT molecular complexity index is 1820. The van der Waals surface area contributed by atoms with Crippen molar-refractivity contribution in [3.8, 4) is 11.5 Å². The molecule has 3 rings (SSSR count). The lowest BCUT2D eigenvalue weighted by Crippen LogP contribution is -2.40. The van der Waals surface area contributed by atoms with E-state index in [1.54, 1.807) is 20.8 Å². The van der Waals surface area contributed by atoms with E-state index in [2.05, 4.69) is 19.7 Å². The fourth-order valence-corrected chi connectivity index (χ4v) is 6.77. The molecule has 3 N–H and O–H groups in total. The van der Waals surface area contributed by atoms with Gasteiger partial charge in [0.2, 0.25) is 20.0 Å². The van der Waals surface area contributed by atoms with Gasteiger partial charge in [0.15, 0.2) is 0 Å². The highest BCUT2D eigenvalue weighted by atomic mass is 35.7. The second-order valence-electron chi connectivity index (χ2n) is 9.81. The molecule has 0 radical (unpaired) electrons. The van der Waals surface area contributed by atoms with Crippen molar-refractivity contribution in [2.24, 2.45) is 10.2 Å². The van der Waals surface area contributed by atoms with Crippen LogP contribution in [0.4, 0.5) is 17.1 Å². The molecule has 0 unspecified atom stereocenters. The fraction of sp³-hybridized carbons (Fsp3) is 0.333. The van der Waals surface area contributed by atoms with Crippen LogP contribution >= 0.6 is 10.7 Å². The molecule has 0 aliphatic rings. The minimum Gasteiger partial charge on any atom is -0.506 e. The van der Waals surface area contributed by atoms with Crippen molar-refractivity contribution < 1.29 is 39.8 Å². The van der Waals surface area contributed by atoms with Gasteiger partial charge in [-0.1, -0.05) is 12.1 Å². The second-order valence-corrected chi connectivity index (χ2v) is 15.7. The lowest BCUT2D eigenvalue weighted by molar-refractivity contribution is 0.144. The van der Waals surface area contributed by atoms with Crippen LogP contribution in [0.2, 0.25) is 0 Å². The summed E-state index contributed by atoms with van der Waals surface area (Å²) in [6.07, 6.45) is 0.920. The second kappa shape index (κ2) is 12.1. The van der Waals surface area contributed by atoms with Crippen molar-refractivity contribution in [1.29, 1.82) is 0 Å². The SMILES string of the molecule is COCCOc1ccc(/N=N/c2cc(S(=O)(=O)NC(C)(C)C)c(O)c3cccc(NS(C)(=O)=O)c23)cc1S(=O)(=O)Cl. The van der Waals surface area contributed by atoms with Crippen molar-refractivity contribution in [2.75, 3.05) is 31.3 Å². The molecule has 0 aromatic heterocycles. The highest BCUT2D eigenvalue weighted by Crippen LogP contribution is 2.43. The van der Waals surface area contributed by atoms with Crippen molar-refractivity contribution in [3.63, 3.8) is 0 Å². The molecule has 41 heavy (non-hydrogen) atoms. The third kappa shape index (κ3) is 8.50. The van der Waals surface area contributed by atoms with Crippen molar-refractivity contribution in [2.45, 2.75) is 36.1 Å². The molecular weight excluding hydrogens is 620 g/mol. The van der Waals surface area contributed by atoms with Gasteiger partial charge < -0.3 is 14.6 Å². The maximum Gasteiger partial charge on any atom is 0.265 e. The molecule has 0 aliphatic heterocycles. The van der Waals surface area contributed by atoms with E-state index in [4.69, 9.17) is 20.2 Å². The van der Waals surface area contributed by atoms with Crippen LogP contribution in [0.5, 0.6) is 11.5 Å². The zero-order chi connectivity index (χ0) is 30.8. The summed E-state index contributed by atoms with van der Waals surface area (Å²) in [7, 11) is -5.34. The molecule has 13 nitrogen and oxygen atoms in total. The van der Waals surface area contributed by atoms with E-state index >= 15 is 0 Å². The number of methoxy groups -OCH3 is 1. The number of halogens is 1. The quantitative estimate of drug-likeness (QED) is 0.154. The van der Waals surface area contributed by atoms with E-state index < -0.39 is 45.3 Å². The van der Waals surface area contributed by atoms with Gasteiger partial charge in [-0.3, -0.25) is 4.72 Å². The summed E-state index contributed by atoms with van der Waals surface area (Å²) < 4.78 is 89.9. The van der Waals surface area contributed by atoms with Gasteiger partial charge in [-0.05, 0) is 51.1 Å². The van der Waals surface area contributed by atoms with Gasteiger partial charge in [-0.2, -0.15) is 5.11 Å². The average molecular weight is 649 g/mol. The number of hydrogen-bond donors (Lipinski definition) is 3. The molecule has 0 heterocycles. The van der Waals surface area contributed by atoms with E-state index in [9.17, 15) is 30.4 Å². The molecule has 3 aromatic carbocycles. The molecule has 0 aliphatic carbocycles. The smallest absolute Gasteiger partial charge is 0.265 e. The summed E-state index contributed by atoms with van der Waals surface area (Å²) in [5.41, 5.74) is -1.06. The predicted octanol–water partition coefficient (Wildman–Crippen LogP) is 4.36. The Morgan fingerprint density at radius 3 is 2.22 bits per heavy atom. The summed E-state index contributed by atoms with van der Waals surface area (Å²) in [6.45, 7) is 5.08. The Morgan fingerprint density at radius 2 is 1.63 bits per heavy atom. The summed E-state index contributed by atoms with van der Waals surface area (Å²) >= 11 is 0. The number of nitrogens with zero attached hydrogens (tertiary/aromatic N) is 2. The van der Waals surface area contributed by atoms with E-state index in [1.807, 2.05) is 0 Å². The van der Waals surface area contributed by atoms with Crippen molar-refractivity contribution >= 4 is 67.6 Å². The summed E-state index contributed by atoms with van der Waals surface area (Å²) in [5, 5.41) is 19.2. The van der Waals surface area contributed by atoms with E-state index in [0.717, 1.165) is 18.4 Å². The molecule has 0 bridgehead atoms. The summed E-state index contributed by atoms with van der Waals surface area (Å²) in [6, 6.07) is 9.03. The maximum absolute atomic E-state index is 13.2. The average Bonchev–Trinajstić information content (AvgIpc) is 2.81. The van der Waals surface area contributed by atoms with Crippen molar-refractivity contribution in [3.05, 3.63) is 42.5 Å². The van der Waals surface area contributed by atoms with Gasteiger partial charge >= 0.3 is 0 Å². The summed E-state index contributed by atoms with van der Waals surface area (Å²) in [4.78, 5) is -0.921. The topological polar surface area (TPSA) is 190 Å². The van der Waals surface area contributed by atoms with Gasteiger partial charge in [0.05, 0.1) is 29.9 Å². The Balaban J connectivity index is 2.27. The third-order valence-corrected chi connectivity index (χ3v) is 8.82. The summed E-state index contributed by atoms with van der Waals surface area (Å²) in [5.74, 6) is -0.687. The zero-order valence-corrected chi connectivity index (χ0v) is 25.9. The molecular formula is C24H29ClN4O9S3. The van der Waals surface area contributed by atoms with Gasteiger partial charge in [-0.25, -0.2) is 30.0 Å². The molecule has 0 saturated heterocycles. The molecule has 17 heteroatoms. The number of fused-ring (bicyclic) bond motifs is 1. The number of hydrogen-bond acceptors (Lipinski definition) is 11. The number of azo groups is 1. The van der Waals surface area contributed by atoms with Crippen molar-refractivity contribution in [1.82, 2.24) is 4.72 Å². The Kier molecular flexibility index (Phi) is 9.57. The molecule has 3 aromatic rings. The molecule has 224 valence electrons. The standard InChI is InChI=1S/C24H29ClN4O9S3/c1-24(2,3)29-41(35,36)21-14-18(22-16(23(21)30)7-6-8-17(22)28-39(5,31)32)27-26-15-9-10-19(38-12-11-37-4)20(13-15)40(25,33)34/h6-10,13-14,28-30H,11-12H2,1-5H3/b27-26+. The largest absolute Gasteiger partial charge is 0.506 e. The Hall–Kier alpha value is -3.02. The number of phenolic OH excluding ortho intramolecular Hbond substituents is 1. The molecule has 0 atom stereocenters. The molecule has 0 amide bonds. The van der Waals surface area contributed by atoms with Gasteiger partial charge in [0.25, 0.3) is 9.05 Å². The number of benzene rings is 3. The van der Waals surface area contributed by atoms with Crippen LogP contribution < -0.4 is 14.2 Å². The molecule has 0 spiro atoms. The highest BCUT2D eigenvalue weighted by Gasteiger charge is 2.28. The van der Waals surface area contributed by atoms with E-state index in [-0.39, 0.29) is 51.7 Å². The Labute approximate surface area is 243 Å². The van der Waals surface area contributed by atoms with Gasteiger partial charge in [-0.15, -0.1) is 5.11 Å². The minimum atomic E-state index is -4.30. The first-order valence-corrected chi connectivity index (χ1v) is 17.4. The zero-order valence-electron chi connectivity index (χ0n) is 22.7. The molecule has 0 fully saturated rings. The number of sulfonamides is 2. The number of nitrogens with one attached hydrogen (secondary N) is 2. The maximum atomic E-state index is 13.2. The van der Waals surface area contributed by atoms with Crippen LogP contribution in [-0.4, -0.2) is 62.5 Å². The lowest BCUT2D eigenvalue weighted by atomic mass is 10.1. The first-order valence-electron chi connectivity index (χ1n) is 11.7. The monoisotopic (exact) mass is 648 g/mol. The van der Waals surface area contributed by atoms with Crippen LogP contribution in [-0.2, 0) is 33.8 Å². The third-order valence-electron chi connectivity index (χ3n) is 5.11. The number of rotatable bonds is 11. The first-order chi connectivity index (χ1) is 18.8. The van der Waals surface area contributed by atoms with Gasteiger partial charge in [0.1, 0.15) is 27.9 Å². The number of ether oxygens (including phenoxy) is 2. The van der Waals surface area contributed by atoms with E-state index in [0.29, 0.717) is 0 Å². The molecule has 0 saturated carbocycles. The number of aromatic hydroxyl groups is 1. The van der Waals surface area contributed by atoms with Gasteiger partial charge in [0, 0.05) is 34.1 Å². The number of anilines is 1. The van der Waals surface area contributed by atoms with Crippen LogP contribution in [0.25, 0.3) is 10.8 Å². The van der Waals surface area contributed by atoms with Crippen LogP contribution in [0, 0.1) is 0 Å². The van der Waals surface area contributed by atoms with Crippen LogP contribution in [0.1, 0.15) is 20.8 Å². The number of phenols is 1. The Morgan fingerprint density at radius 1 is 0.951 bits per heavy atom. The minimum absolute atomic E-state index is 0.00433. The predicted molar refractivity (Wildman–Crippen MR) is 155 cm³/mol. The van der Waals surface area contributed by atoms with Crippen LogP contribution in [0.3, 0.4) is 0 Å². The lowest BCUT2D eigenvalue weighted by Gasteiger charge is -2.21. The highest BCUT2D eigenvalue weighted by molar-refractivity contribution is 8.13. The first kappa shape index (κ1) is 32.5. The fourth-order valence-electron chi connectivity index (χ4n) is 3.66.